The van der Waals surface area contributed by atoms with Crippen molar-refractivity contribution < 1.29 is 4.79 Å². The van der Waals surface area contributed by atoms with E-state index >= 15 is 0 Å². The van der Waals surface area contributed by atoms with Crippen LogP contribution in [0.15, 0.2) is 0 Å². The smallest absolute Gasteiger partial charge is 0.240 e. The van der Waals surface area contributed by atoms with E-state index in [2.05, 4.69) is 24.1 Å². The van der Waals surface area contributed by atoms with Crippen LogP contribution in [0.4, 0.5) is 0 Å². The van der Waals surface area contributed by atoms with E-state index in [9.17, 15) is 4.79 Å². The van der Waals surface area contributed by atoms with Crippen LogP contribution in [0.1, 0.15) is 52.4 Å². The molecule has 1 amide bonds. The molecule has 1 heterocycles. The van der Waals surface area contributed by atoms with Gasteiger partial charge in [-0.05, 0) is 58.3 Å². The van der Waals surface area contributed by atoms with Gasteiger partial charge in [0.25, 0.3) is 0 Å². The number of piperidine rings is 1. The number of carbonyl (C=O) groups is 1. The van der Waals surface area contributed by atoms with Crippen LogP contribution in [0, 0.1) is 5.92 Å². The van der Waals surface area contributed by atoms with Crippen molar-refractivity contribution in [1.82, 2.24) is 10.2 Å². The highest BCUT2D eigenvalue weighted by Crippen LogP contribution is 2.43. The quantitative estimate of drug-likeness (QED) is 0.809. The van der Waals surface area contributed by atoms with Crippen molar-refractivity contribution in [1.29, 1.82) is 0 Å². The number of rotatable bonds is 4. The van der Waals surface area contributed by atoms with Crippen LogP contribution >= 0.6 is 0 Å². The van der Waals surface area contributed by atoms with E-state index in [1.165, 1.54) is 25.7 Å². The van der Waals surface area contributed by atoms with Gasteiger partial charge in [0.15, 0.2) is 0 Å². The van der Waals surface area contributed by atoms with Crippen LogP contribution in [0.5, 0.6) is 0 Å². The highest BCUT2D eigenvalue weighted by molar-refractivity contribution is 5.83. The first kappa shape index (κ1) is 11.5. The molecule has 1 unspecified atom stereocenters. The maximum atomic E-state index is 12.5. The number of likely N-dealkylation sites (tertiary alicyclic amines) is 1. The number of hydrogen-bond donors (Lipinski definition) is 1. The zero-order chi connectivity index (χ0) is 12.0. The fourth-order valence-electron chi connectivity index (χ4n) is 3.15. The maximum Gasteiger partial charge on any atom is 0.240 e. The van der Waals surface area contributed by atoms with Crippen LogP contribution in [0.2, 0.25) is 0 Å². The third-order valence-electron chi connectivity index (χ3n) is 4.72. The third kappa shape index (κ3) is 2.22. The summed E-state index contributed by atoms with van der Waals surface area (Å²) < 4.78 is 0. The predicted octanol–water partition coefficient (Wildman–Crippen LogP) is 1.92. The molecule has 17 heavy (non-hydrogen) atoms. The molecule has 3 rings (SSSR count). The molecule has 0 aromatic rings. The van der Waals surface area contributed by atoms with Gasteiger partial charge < -0.3 is 10.2 Å². The lowest BCUT2D eigenvalue weighted by Gasteiger charge is -2.44. The van der Waals surface area contributed by atoms with Crippen molar-refractivity contribution in [3.8, 4) is 0 Å². The summed E-state index contributed by atoms with van der Waals surface area (Å²) in [4.78, 5) is 14.7. The Morgan fingerprint density at radius 2 is 1.88 bits per heavy atom. The van der Waals surface area contributed by atoms with Crippen molar-refractivity contribution in [2.75, 3.05) is 6.54 Å². The second-order valence-electron chi connectivity index (χ2n) is 6.55. The molecule has 1 atom stereocenters. The summed E-state index contributed by atoms with van der Waals surface area (Å²) in [7, 11) is 0. The number of nitrogens with one attached hydrogen (secondary N) is 1. The molecule has 1 saturated heterocycles. The van der Waals surface area contributed by atoms with E-state index in [-0.39, 0.29) is 11.6 Å². The van der Waals surface area contributed by atoms with Crippen molar-refractivity contribution in [2.45, 2.75) is 70.0 Å². The van der Waals surface area contributed by atoms with Crippen molar-refractivity contribution in [3.63, 3.8) is 0 Å². The normalized spacial score (nSPS) is 30.8. The summed E-state index contributed by atoms with van der Waals surface area (Å²) >= 11 is 0. The van der Waals surface area contributed by atoms with Gasteiger partial charge in [0.05, 0.1) is 6.04 Å². The first-order valence-electron chi connectivity index (χ1n) is 7.16. The number of hydrogen-bond acceptors (Lipinski definition) is 2. The summed E-state index contributed by atoms with van der Waals surface area (Å²) in [6.07, 6.45) is 7.32. The summed E-state index contributed by atoms with van der Waals surface area (Å²) in [5, 5.41) is 3.51. The average Bonchev–Trinajstić information content (AvgIpc) is 3.15. The number of carbonyl (C=O) groups excluding carboxylic acids is 1. The van der Waals surface area contributed by atoms with E-state index in [4.69, 9.17) is 0 Å². The molecule has 0 radical (unpaired) electrons. The molecule has 0 spiro atoms. The van der Waals surface area contributed by atoms with Gasteiger partial charge >= 0.3 is 0 Å². The molecular weight excluding hydrogens is 212 g/mol. The van der Waals surface area contributed by atoms with Crippen LogP contribution in [0.25, 0.3) is 0 Å². The Kier molecular flexibility index (Phi) is 2.69. The molecule has 96 valence electrons. The highest BCUT2D eigenvalue weighted by atomic mass is 16.2. The molecule has 3 heteroatoms. The van der Waals surface area contributed by atoms with Crippen LogP contribution in [0.3, 0.4) is 0 Å². The second-order valence-corrected chi connectivity index (χ2v) is 6.55. The number of amides is 1. The van der Waals surface area contributed by atoms with Gasteiger partial charge in [0.2, 0.25) is 5.91 Å². The fraction of sp³-hybridized carbons (Fsp3) is 0.929. The minimum atomic E-state index is 0.0843. The molecule has 0 bridgehead atoms. The van der Waals surface area contributed by atoms with Crippen molar-refractivity contribution >= 4 is 5.91 Å². The molecule has 0 aromatic heterocycles. The van der Waals surface area contributed by atoms with Gasteiger partial charge in [-0.15, -0.1) is 0 Å². The minimum absolute atomic E-state index is 0.0843. The molecular formula is C14H24N2O. The Bertz CT molecular complexity index is 318. The number of nitrogens with zero attached hydrogens (tertiary/aromatic N) is 1. The third-order valence-corrected chi connectivity index (χ3v) is 4.72. The molecule has 0 aromatic carbocycles. The Labute approximate surface area is 104 Å². The van der Waals surface area contributed by atoms with Gasteiger partial charge in [-0.1, -0.05) is 0 Å². The van der Waals surface area contributed by atoms with E-state index in [1.54, 1.807) is 0 Å². The van der Waals surface area contributed by atoms with E-state index in [1.807, 2.05) is 0 Å². The van der Waals surface area contributed by atoms with Gasteiger partial charge in [-0.3, -0.25) is 4.79 Å². The zero-order valence-electron chi connectivity index (χ0n) is 11.0. The summed E-state index contributed by atoms with van der Waals surface area (Å²) in [6, 6.07) is 0.738. The molecule has 1 aliphatic heterocycles. The Balaban J connectivity index is 1.68. The zero-order valence-corrected chi connectivity index (χ0v) is 11.0. The predicted molar refractivity (Wildman–Crippen MR) is 67.7 cm³/mol. The maximum absolute atomic E-state index is 12.5. The molecule has 1 N–H and O–H groups in total. The van der Waals surface area contributed by atoms with Gasteiger partial charge in [-0.25, -0.2) is 0 Å². The van der Waals surface area contributed by atoms with Crippen molar-refractivity contribution in [2.24, 2.45) is 5.92 Å². The first-order valence-corrected chi connectivity index (χ1v) is 7.16. The lowest BCUT2D eigenvalue weighted by atomic mass is 9.91. The minimum Gasteiger partial charge on any atom is -0.336 e. The molecule has 2 aliphatic carbocycles. The Hall–Kier alpha value is -0.570. The summed E-state index contributed by atoms with van der Waals surface area (Å²) in [5.74, 6) is 1.10. The fourth-order valence-corrected chi connectivity index (χ4v) is 3.15. The van der Waals surface area contributed by atoms with E-state index in [0.29, 0.717) is 11.9 Å². The molecule has 3 nitrogen and oxygen atoms in total. The SMILES string of the molecule is CC(C)(C1CC1)N1CCCC(NC2CC2)C1=O. The monoisotopic (exact) mass is 236 g/mol. The van der Waals surface area contributed by atoms with Gasteiger partial charge in [0.1, 0.15) is 0 Å². The standard InChI is InChI=1S/C14H24N2O/c1-14(2,10-5-6-10)16-9-3-4-12(13(16)17)15-11-7-8-11/h10-12,15H,3-9H2,1-2H3. The van der Waals surface area contributed by atoms with E-state index in [0.717, 1.165) is 25.3 Å². The Morgan fingerprint density at radius 3 is 2.47 bits per heavy atom. The van der Waals surface area contributed by atoms with E-state index < -0.39 is 0 Å². The van der Waals surface area contributed by atoms with Gasteiger partial charge in [0, 0.05) is 18.1 Å². The largest absolute Gasteiger partial charge is 0.336 e. The highest BCUT2D eigenvalue weighted by Gasteiger charge is 2.46. The topological polar surface area (TPSA) is 32.3 Å². The molecule has 3 aliphatic rings. The summed E-state index contributed by atoms with van der Waals surface area (Å²) in [6.45, 7) is 5.47. The van der Waals surface area contributed by atoms with Crippen LogP contribution < -0.4 is 5.32 Å². The summed E-state index contributed by atoms with van der Waals surface area (Å²) in [5.41, 5.74) is 0.0843. The lowest BCUT2D eigenvalue weighted by molar-refractivity contribution is -0.142. The Morgan fingerprint density at radius 1 is 1.18 bits per heavy atom. The second kappa shape index (κ2) is 3.98. The first-order chi connectivity index (χ1) is 8.09. The van der Waals surface area contributed by atoms with Crippen LogP contribution in [-0.4, -0.2) is 35.0 Å². The van der Waals surface area contributed by atoms with Crippen LogP contribution in [-0.2, 0) is 4.79 Å². The molecule has 2 saturated carbocycles. The molecule has 3 fully saturated rings. The van der Waals surface area contributed by atoms with Gasteiger partial charge in [-0.2, -0.15) is 0 Å². The van der Waals surface area contributed by atoms with Crippen molar-refractivity contribution in [3.05, 3.63) is 0 Å². The lowest BCUT2D eigenvalue weighted by Crippen LogP contribution is -2.59. The average molecular weight is 236 g/mol.